The zero-order chi connectivity index (χ0) is 13.0. The van der Waals surface area contributed by atoms with Crippen LogP contribution in [0.5, 0.6) is 0 Å². The second-order valence-corrected chi connectivity index (χ2v) is 4.59. The Labute approximate surface area is 108 Å². The third-order valence-electron chi connectivity index (χ3n) is 3.43. The second-order valence-electron chi connectivity index (χ2n) is 4.59. The van der Waals surface area contributed by atoms with E-state index in [0.717, 1.165) is 27.5 Å². The third kappa shape index (κ3) is 1.26. The number of nitrogens with zero attached hydrogens (tertiary/aromatic N) is 4. The first-order valence-electron chi connectivity index (χ1n) is 6.04. The minimum Gasteiger partial charge on any atom is -0.394 e. The number of fused-ring (bicyclic) bond motifs is 5. The molecule has 4 aromatic rings. The molecule has 2 N–H and O–H groups in total. The average Bonchev–Trinajstić information content (AvgIpc) is 2.74. The van der Waals surface area contributed by atoms with Crippen molar-refractivity contribution >= 4 is 33.1 Å². The quantitative estimate of drug-likeness (QED) is 0.485. The van der Waals surface area contributed by atoms with Crippen molar-refractivity contribution in [2.45, 2.75) is 6.92 Å². The Balaban J connectivity index is 2.29. The van der Waals surface area contributed by atoms with Gasteiger partial charge in [0, 0.05) is 5.39 Å². The lowest BCUT2D eigenvalue weighted by atomic mass is 10.1. The highest BCUT2D eigenvalue weighted by atomic mass is 15.3. The molecule has 92 valence electrons. The molecule has 4 rings (SSSR count). The zero-order valence-corrected chi connectivity index (χ0v) is 10.3. The Hall–Kier alpha value is -2.69. The van der Waals surface area contributed by atoms with E-state index >= 15 is 0 Å². The van der Waals surface area contributed by atoms with Gasteiger partial charge < -0.3 is 5.73 Å². The summed E-state index contributed by atoms with van der Waals surface area (Å²) in [6.07, 6.45) is 0. The number of nitrogen functional groups attached to an aromatic ring is 1. The number of rotatable bonds is 0. The Morgan fingerprint density at radius 3 is 2.79 bits per heavy atom. The van der Waals surface area contributed by atoms with Gasteiger partial charge in [0.15, 0.2) is 0 Å². The standard InChI is InChI=1S/C14H11N5/c1-8-12(15)14-17-16-13-10-5-3-2-4-9(10)6-7-11(13)19(14)18-8/h2-7H,15H2,1H3. The molecule has 2 aromatic heterocycles. The van der Waals surface area contributed by atoms with Crippen molar-refractivity contribution in [3.8, 4) is 0 Å². The summed E-state index contributed by atoms with van der Waals surface area (Å²) in [5, 5.41) is 15.2. The number of anilines is 1. The van der Waals surface area contributed by atoms with E-state index in [9.17, 15) is 0 Å². The fourth-order valence-corrected chi connectivity index (χ4v) is 2.41. The largest absolute Gasteiger partial charge is 0.394 e. The van der Waals surface area contributed by atoms with E-state index in [1.165, 1.54) is 0 Å². The summed E-state index contributed by atoms with van der Waals surface area (Å²) in [6.45, 7) is 1.87. The molecule has 0 aliphatic rings. The van der Waals surface area contributed by atoms with Crippen LogP contribution in [-0.2, 0) is 0 Å². The van der Waals surface area contributed by atoms with Crippen LogP contribution in [-0.4, -0.2) is 19.8 Å². The number of hydrogen-bond donors (Lipinski definition) is 1. The Kier molecular flexibility index (Phi) is 1.84. The summed E-state index contributed by atoms with van der Waals surface area (Å²) in [5.41, 5.74) is 9.69. The van der Waals surface area contributed by atoms with Crippen LogP contribution in [0, 0.1) is 6.92 Å². The summed E-state index contributed by atoms with van der Waals surface area (Å²) < 4.78 is 1.76. The van der Waals surface area contributed by atoms with Crippen LogP contribution >= 0.6 is 0 Å². The van der Waals surface area contributed by atoms with Gasteiger partial charge in [-0.25, -0.2) is 4.52 Å². The molecule has 0 unspecified atom stereocenters. The van der Waals surface area contributed by atoms with Gasteiger partial charge in [0.2, 0.25) is 5.65 Å². The molecule has 0 radical (unpaired) electrons. The molecule has 0 fully saturated rings. The van der Waals surface area contributed by atoms with Gasteiger partial charge in [-0.3, -0.25) is 0 Å². The maximum atomic E-state index is 5.96. The maximum Gasteiger partial charge on any atom is 0.201 e. The van der Waals surface area contributed by atoms with E-state index in [4.69, 9.17) is 5.73 Å². The molecule has 5 heteroatoms. The van der Waals surface area contributed by atoms with E-state index in [-0.39, 0.29) is 0 Å². The van der Waals surface area contributed by atoms with Crippen LogP contribution in [0.2, 0.25) is 0 Å². The first-order valence-corrected chi connectivity index (χ1v) is 6.04. The van der Waals surface area contributed by atoms with Gasteiger partial charge in [-0.2, -0.15) is 5.10 Å². The third-order valence-corrected chi connectivity index (χ3v) is 3.43. The van der Waals surface area contributed by atoms with Crippen molar-refractivity contribution in [3.05, 3.63) is 42.1 Å². The number of aromatic nitrogens is 4. The smallest absolute Gasteiger partial charge is 0.201 e. The number of aryl methyl sites for hydroxylation is 1. The van der Waals surface area contributed by atoms with Crippen LogP contribution in [0.3, 0.4) is 0 Å². The number of benzene rings is 2. The molecule has 2 heterocycles. The molecule has 0 saturated carbocycles. The lowest BCUT2D eigenvalue weighted by Gasteiger charge is -2.03. The molecule has 0 spiro atoms. The molecular weight excluding hydrogens is 238 g/mol. The monoisotopic (exact) mass is 249 g/mol. The van der Waals surface area contributed by atoms with Crippen molar-refractivity contribution in [2.24, 2.45) is 0 Å². The van der Waals surface area contributed by atoms with Crippen molar-refractivity contribution in [3.63, 3.8) is 0 Å². The first kappa shape index (κ1) is 10.3. The SMILES string of the molecule is Cc1nn2c(nnc3c4ccccc4ccc32)c1N. The first-order chi connectivity index (χ1) is 9.25. The molecular formula is C14H11N5. The molecule has 0 saturated heterocycles. The van der Waals surface area contributed by atoms with Gasteiger partial charge in [-0.15, -0.1) is 10.2 Å². The summed E-state index contributed by atoms with van der Waals surface area (Å²) in [7, 11) is 0. The Morgan fingerprint density at radius 2 is 1.89 bits per heavy atom. The summed E-state index contributed by atoms with van der Waals surface area (Å²) in [6, 6.07) is 12.2. The van der Waals surface area contributed by atoms with E-state index in [1.54, 1.807) is 4.52 Å². The molecule has 0 bridgehead atoms. The highest BCUT2D eigenvalue weighted by molar-refractivity contribution is 6.04. The molecule has 0 atom stereocenters. The topological polar surface area (TPSA) is 69.1 Å². The number of nitrogens with two attached hydrogens (primary N) is 1. The van der Waals surface area contributed by atoms with Gasteiger partial charge in [0.1, 0.15) is 11.2 Å². The molecule has 2 aromatic carbocycles. The minimum atomic E-state index is 0.586. The van der Waals surface area contributed by atoms with Gasteiger partial charge in [0.05, 0.1) is 11.2 Å². The van der Waals surface area contributed by atoms with Crippen LogP contribution in [0.25, 0.3) is 27.5 Å². The van der Waals surface area contributed by atoms with Gasteiger partial charge in [0.25, 0.3) is 0 Å². The minimum absolute atomic E-state index is 0.586. The highest BCUT2D eigenvalue weighted by Gasteiger charge is 2.12. The second kappa shape index (κ2) is 3.41. The lowest BCUT2D eigenvalue weighted by Crippen LogP contribution is -1.97. The number of hydrogen-bond acceptors (Lipinski definition) is 4. The van der Waals surface area contributed by atoms with E-state index in [1.807, 2.05) is 31.2 Å². The molecule has 0 aliphatic carbocycles. The van der Waals surface area contributed by atoms with E-state index in [2.05, 4.69) is 27.4 Å². The van der Waals surface area contributed by atoms with Gasteiger partial charge in [-0.05, 0) is 18.4 Å². The Bertz CT molecular complexity index is 939. The van der Waals surface area contributed by atoms with Crippen LogP contribution in [0.4, 0.5) is 5.69 Å². The summed E-state index contributed by atoms with van der Waals surface area (Å²) in [5.74, 6) is 0. The van der Waals surface area contributed by atoms with E-state index < -0.39 is 0 Å². The van der Waals surface area contributed by atoms with Gasteiger partial charge in [-0.1, -0.05) is 30.3 Å². The molecule has 0 aliphatic heterocycles. The highest BCUT2D eigenvalue weighted by Crippen LogP contribution is 2.25. The maximum absolute atomic E-state index is 5.96. The molecule has 0 amide bonds. The van der Waals surface area contributed by atoms with Crippen molar-refractivity contribution < 1.29 is 0 Å². The normalized spacial score (nSPS) is 11.6. The predicted octanol–water partition coefficient (Wildman–Crippen LogP) is 2.32. The van der Waals surface area contributed by atoms with E-state index in [0.29, 0.717) is 11.3 Å². The van der Waals surface area contributed by atoms with Crippen LogP contribution < -0.4 is 5.73 Å². The van der Waals surface area contributed by atoms with Gasteiger partial charge >= 0.3 is 0 Å². The summed E-state index contributed by atoms with van der Waals surface area (Å²) in [4.78, 5) is 0. The average molecular weight is 249 g/mol. The molecule has 5 nitrogen and oxygen atoms in total. The Morgan fingerprint density at radius 1 is 1.05 bits per heavy atom. The van der Waals surface area contributed by atoms with Crippen molar-refractivity contribution in [1.29, 1.82) is 0 Å². The lowest BCUT2D eigenvalue weighted by molar-refractivity contribution is 0.927. The molecule has 19 heavy (non-hydrogen) atoms. The van der Waals surface area contributed by atoms with Crippen molar-refractivity contribution in [1.82, 2.24) is 19.8 Å². The van der Waals surface area contributed by atoms with Crippen LogP contribution in [0.15, 0.2) is 36.4 Å². The summed E-state index contributed by atoms with van der Waals surface area (Å²) >= 11 is 0. The van der Waals surface area contributed by atoms with Crippen LogP contribution in [0.1, 0.15) is 5.69 Å². The van der Waals surface area contributed by atoms with Crippen molar-refractivity contribution in [2.75, 3.05) is 5.73 Å². The fraction of sp³-hybridized carbons (Fsp3) is 0.0714. The fourth-order valence-electron chi connectivity index (χ4n) is 2.41. The predicted molar refractivity (Wildman–Crippen MR) is 74.9 cm³/mol. The zero-order valence-electron chi connectivity index (χ0n) is 10.3.